The van der Waals surface area contributed by atoms with Crippen LogP contribution in [0.4, 0.5) is 10.1 Å². The summed E-state index contributed by atoms with van der Waals surface area (Å²) in [5.41, 5.74) is 2.55. The summed E-state index contributed by atoms with van der Waals surface area (Å²) in [6.45, 7) is 4.46. The molecule has 0 bridgehead atoms. The molecule has 3 nitrogen and oxygen atoms in total. The van der Waals surface area contributed by atoms with Crippen LogP contribution >= 0.6 is 0 Å². The molecule has 21 heavy (non-hydrogen) atoms. The minimum atomic E-state index is -0.237. The minimum absolute atomic E-state index is 0.0740. The van der Waals surface area contributed by atoms with Gasteiger partial charge in [0.05, 0.1) is 0 Å². The van der Waals surface area contributed by atoms with E-state index in [-0.39, 0.29) is 17.8 Å². The molecule has 0 saturated carbocycles. The zero-order chi connectivity index (χ0) is 15.2. The molecular formula is C17H19FN2O. The molecule has 0 spiro atoms. The fourth-order valence-corrected chi connectivity index (χ4v) is 1.89. The second-order valence-electron chi connectivity index (χ2n) is 5.19. The first kappa shape index (κ1) is 15.0. The largest absolute Gasteiger partial charge is 0.381 e. The summed E-state index contributed by atoms with van der Waals surface area (Å²) in [7, 11) is 0. The van der Waals surface area contributed by atoms with E-state index >= 15 is 0 Å². The molecule has 110 valence electrons. The average molecular weight is 286 g/mol. The molecule has 0 heterocycles. The molecule has 0 saturated heterocycles. The summed E-state index contributed by atoms with van der Waals surface area (Å²) < 4.78 is 12.8. The normalized spacial score (nSPS) is 10.5. The number of amides is 1. The van der Waals surface area contributed by atoms with Crippen molar-refractivity contribution in [3.05, 3.63) is 65.5 Å². The fraction of sp³-hybridized carbons (Fsp3) is 0.235. The second kappa shape index (κ2) is 6.88. The molecular weight excluding hydrogens is 267 g/mol. The molecule has 0 unspecified atom stereocenters. The van der Waals surface area contributed by atoms with Gasteiger partial charge in [-0.2, -0.15) is 0 Å². The van der Waals surface area contributed by atoms with Crippen molar-refractivity contribution in [1.82, 2.24) is 5.32 Å². The van der Waals surface area contributed by atoms with Gasteiger partial charge >= 0.3 is 0 Å². The predicted molar refractivity (Wildman–Crippen MR) is 82.8 cm³/mol. The third-order valence-electron chi connectivity index (χ3n) is 2.98. The van der Waals surface area contributed by atoms with Crippen molar-refractivity contribution in [2.75, 3.05) is 5.32 Å². The number of halogens is 1. The van der Waals surface area contributed by atoms with Gasteiger partial charge in [-0.1, -0.05) is 12.1 Å². The summed E-state index contributed by atoms with van der Waals surface area (Å²) in [6, 6.07) is 13.8. The summed E-state index contributed by atoms with van der Waals surface area (Å²) in [4.78, 5) is 11.8. The van der Waals surface area contributed by atoms with E-state index in [0.717, 1.165) is 11.3 Å². The van der Waals surface area contributed by atoms with Crippen molar-refractivity contribution in [1.29, 1.82) is 0 Å². The van der Waals surface area contributed by atoms with Crippen LogP contribution in [0.15, 0.2) is 48.5 Å². The molecule has 0 fully saturated rings. The smallest absolute Gasteiger partial charge is 0.251 e. The molecule has 0 radical (unpaired) electrons. The maximum Gasteiger partial charge on any atom is 0.251 e. The molecule has 2 aromatic rings. The van der Waals surface area contributed by atoms with Gasteiger partial charge < -0.3 is 10.6 Å². The Morgan fingerprint density at radius 2 is 1.67 bits per heavy atom. The highest BCUT2D eigenvalue weighted by molar-refractivity contribution is 5.94. The molecule has 0 aliphatic heterocycles. The standard InChI is InChI=1S/C17H19FN2O/c1-12(2)20-17(21)14-5-9-16(10-6-14)19-11-13-3-7-15(18)8-4-13/h3-10,12,19H,11H2,1-2H3,(H,20,21). The Labute approximate surface area is 124 Å². The summed E-state index contributed by atoms with van der Waals surface area (Å²) in [6.07, 6.45) is 0. The van der Waals surface area contributed by atoms with Crippen LogP contribution in [0.2, 0.25) is 0 Å². The van der Waals surface area contributed by atoms with Gasteiger partial charge in [0.2, 0.25) is 0 Å². The lowest BCUT2D eigenvalue weighted by atomic mass is 10.1. The second-order valence-corrected chi connectivity index (χ2v) is 5.19. The minimum Gasteiger partial charge on any atom is -0.381 e. The van der Waals surface area contributed by atoms with Gasteiger partial charge in [-0.15, -0.1) is 0 Å². The van der Waals surface area contributed by atoms with Crippen molar-refractivity contribution in [3.63, 3.8) is 0 Å². The van der Waals surface area contributed by atoms with Gasteiger partial charge in [0.1, 0.15) is 5.82 Å². The molecule has 0 aliphatic rings. The predicted octanol–water partition coefficient (Wildman–Crippen LogP) is 3.58. The Kier molecular flexibility index (Phi) is 4.93. The SMILES string of the molecule is CC(C)NC(=O)c1ccc(NCc2ccc(F)cc2)cc1. The highest BCUT2D eigenvalue weighted by Gasteiger charge is 2.06. The number of benzene rings is 2. The zero-order valence-corrected chi connectivity index (χ0v) is 12.2. The maximum atomic E-state index is 12.8. The van der Waals surface area contributed by atoms with Gasteiger partial charge in [-0.05, 0) is 55.8 Å². The van der Waals surface area contributed by atoms with Gasteiger partial charge in [-0.3, -0.25) is 4.79 Å². The third-order valence-corrected chi connectivity index (χ3v) is 2.98. The van der Waals surface area contributed by atoms with Crippen LogP contribution in [0.3, 0.4) is 0 Å². The average Bonchev–Trinajstić information content (AvgIpc) is 2.46. The van der Waals surface area contributed by atoms with E-state index in [1.807, 2.05) is 26.0 Å². The number of nitrogens with one attached hydrogen (secondary N) is 2. The molecule has 4 heteroatoms. The Morgan fingerprint density at radius 3 is 2.24 bits per heavy atom. The van der Waals surface area contributed by atoms with Gasteiger partial charge in [0.15, 0.2) is 0 Å². The number of hydrogen-bond acceptors (Lipinski definition) is 2. The Hall–Kier alpha value is -2.36. The van der Waals surface area contributed by atoms with Crippen LogP contribution in [0.25, 0.3) is 0 Å². The fourth-order valence-electron chi connectivity index (χ4n) is 1.89. The van der Waals surface area contributed by atoms with E-state index in [1.165, 1.54) is 12.1 Å². The Morgan fingerprint density at radius 1 is 1.05 bits per heavy atom. The van der Waals surface area contributed by atoms with Crippen molar-refractivity contribution in [2.45, 2.75) is 26.4 Å². The highest BCUT2D eigenvalue weighted by Crippen LogP contribution is 2.12. The van der Waals surface area contributed by atoms with Gasteiger partial charge in [0, 0.05) is 23.8 Å². The summed E-state index contributed by atoms with van der Waals surface area (Å²) in [5, 5.41) is 6.08. The number of anilines is 1. The lowest BCUT2D eigenvalue weighted by Gasteiger charge is -2.10. The third kappa shape index (κ3) is 4.60. The van der Waals surface area contributed by atoms with Crippen molar-refractivity contribution < 1.29 is 9.18 Å². The molecule has 0 atom stereocenters. The highest BCUT2D eigenvalue weighted by atomic mass is 19.1. The van der Waals surface area contributed by atoms with Crippen LogP contribution < -0.4 is 10.6 Å². The molecule has 2 N–H and O–H groups in total. The number of carbonyl (C=O) groups is 1. The first-order chi connectivity index (χ1) is 10.0. The van der Waals surface area contributed by atoms with E-state index in [9.17, 15) is 9.18 Å². The molecule has 0 aliphatic carbocycles. The van der Waals surface area contributed by atoms with E-state index < -0.39 is 0 Å². The number of hydrogen-bond donors (Lipinski definition) is 2. The Balaban J connectivity index is 1.93. The first-order valence-corrected chi connectivity index (χ1v) is 6.94. The van der Waals surface area contributed by atoms with Crippen LogP contribution in [0, 0.1) is 5.82 Å². The van der Waals surface area contributed by atoms with Crippen LogP contribution in [0.1, 0.15) is 29.8 Å². The van der Waals surface area contributed by atoms with Crippen molar-refractivity contribution in [2.24, 2.45) is 0 Å². The van der Waals surface area contributed by atoms with Crippen LogP contribution in [0.5, 0.6) is 0 Å². The lowest BCUT2D eigenvalue weighted by Crippen LogP contribution is -2.29. The number of rotatable bonds is 5. The lowest BCUT2D eigenvalue weighted by molar-refractivity contribution is 0.0943. The first-order valence-electron chi connectivity index (χ1n) is 6.94. The maximum absolute atomic E-state index is 12.8. The van der Waals surface area contributed by atoms with E-state index in [1.54, 1.807) is 24.3 Å². The van der Waals surface area contributed by atoms with Crippen LogP contribution in [-0.2, 0) is 6.54 Å². The monoisotopic (exact) mass is 286 g/mol. The number of carbonyl (C=O) groups excluding carboxylic acids is 1. The molecule has 2 aromatic carbocycles. The van der Waals surface area contributed by atoms with Crippen LogP contribution in [-0.4, -0.2) is 11.9 Å². The van der Waals surface area contributed by atoms with Gasteiger partial charge in [0.25, 0.3) is 5.91 Å². The quantitative estimate of drug-likeness (QED) is 0.882. The van der Waals surface area contributed by atoms with E-state index in [4.69, 9.17) is 0 Å². The molecule has 2 rings (SSSR count). The molecule has 1 amide bonds. The van der Waals surface area contributed by atoms with Crippen molar-refractivity contribution in [3.8, 4) is 0 Å². The zero-order valence-electron chi connectivity index (χ0n) is 12.2. The summed E-state index contributed by atoms with van der Waals surface area (Å²) in [5.74, 6) is -0.311. The van der Waals surface area contributed by atoms with Crippen molar-refractivity contribution >= 4 is 11.6 Å². The topological polar surface area (TPSA) is 41.1 Å². The molecule has 0 aromatic heterocycles. The summed E-state index contributed by atoms with van der Waals surface area (Å²) >= 11 is 0. The Bertz CT molecular complexity index is 591. The van der Waals surface area contributed by atoms with E-state index in [0.29, 0.717) is 12.1 Å². The van der Waals surface area contributed by atoms with Gasteiger partial charge in [-0.25, -0.2) is 4.39 Å². The van der Waals surface area contributed by atoms with E-state index in [2.05, 4.69) is 10.6 Å².